The van der Waals surface area contributed by atoms with E-state index >= 15 is 0 Å². The van der Waals surface area contributed by atoms with Crippen LogP contribution in [0.25, 0.3) is 0 Å². The van der Waals surface area contributed by atoms with Crippen molar-refractivity contribution in [2.75, 3.05) is 26.7 Å². The molecule has 1 aromatic rings. The molecular weight excluding hydrogens is 255 g/mol. The molecule has 1 heterocycles. The van der Waals surface area contributed by atoms with Crippen molar-refractivity contribution in [3.8, 4) is 0 Å². The fourth-order valence-corrected chi connectivity index (χ4v) is 1.65. The largest absolute Gasteiger partial charge is 0.401 e. The van der Waals surface area contributed by atoms with Crippen LogP contribution in [-0.4, -0.2) is 48.8 Å². The molecule has 0 bridgehead atoms. The van der Waals surface area contributed by atoms with Crippen LogP contribution in [0.4, 0.5) is 13.2 Å². The smallest absolute Gasteiger partial charge is 0.307 e. The minimum Gasteiger partial charge on any atom is -0.307 e. The van der Waals surface area contributed by atoms with Gasteiger partial charge in [0.05, 0.1) is 6.54 Å². The first-order chi connectivity index (χ1) is 8.88. The Labute approximate surface area is 111 Å². The Balaban J connectivity index is 2.23. The highest BCUT2D eigenvalue weighted by Crippen LogP contribution is 2.12. The molecule has 0 amide bonds. The van der Waals surface area contributed by atoms with Crippen LogP contribution in [0, 0.1) is 0 Å². The molecule has 3 nitrogen and oxygen atoms in total. The number of aromatic nitrogens is 1. The van der Waals surface area contributed by atoms with Crippen LogP contribution in [0.2, 0.25) is 0 Å². The first-order valence-electron chi connectivity index (χ1n) is 6.25. The molecule has 1 unspecified atom stereocenters. The first kappa shape index (κ1) is 15.9. The van der Waals surface area contributed by atoms with E-state index in [0.717, 1.165) is 13.0 Å². The molecular formula is C13H20F3N3. The summed E-state index contributed by atoms with van der Waals surface area (Å²) < 4.78 is 36.0. The molecule has 0 aliphatic carbocycles. The third-order valence-electron chi connectivity index (χ3n) is 3.02. The van der Waals surface area contributed by atoms with Crippen LogP contribution in [-0.2, 0) is 6.42 Å². The highest BCUT2D eigenvalue weighted by Gasteiger charge is 2.26. The predicted molar refractivity (Wildman–Crippen MR) is 69.0 cm³/mol. The first-order valence-corrected chi connectivity index (χ1v) is 6.25. The summed E-state index contributed by atoms with van der Waals surface area (Å²) in [5, 5.41) is 2.43. The number of pyridine rings is 1. The molecule has 1 aromatic heterocycles. The van der Waals surface area contributed by atoms with Crippen LogP contribution >= 0.6 is 0 Å². The molecule has 0 aliphatic rings. The molecule has 19 heavy (non-hydrogen) atoms. The molecule has 108 valence electrons. The van der Waals surface area contributed by atoms with Gasteiger partial charge in [-0.2, -0.15) is 13.2 Å². The maximum absolute atomic E-state index is 12.0. The van der Waals surface area contributed by atoms with Crippen molar-refractivity contribution < 1.29 is 13.2 Å². The van der Waals surface area contributed by atoms with Gasteiger partial charge in [0.1, 0.15) is 0 Å². The Morgan fingerprint density at radius 2 is 1.95 bits per heavy atom. The van der Waals surface area contributed by atoms with Crippen LogP contribution in [0.5, 0.6) is 0 Å². The van der Waals surface area contributed by atoms with Gasteiger partial charge in [0.2, 0.25) is 0 Å². The van der Waals surface area contributed by atoms with Crippen molar-refractivity contribution in [1.29, 1.82) is 0 Å². The highest BCUT2D eigenvalue weighted by atomic mass is 19.4. The second-order valence-electron chi connectivity index (χ2n) is 4.68. The van der Waals surface area contributed by atoms with Gasteiger partial charge in [-0.25, -0.2) is 0 Å². The van der Waals surface area contributed by atoms with Crippen LogP contribution in [0.3, 0.4) is 0 Å². The summed E-state index contributed by atoms with van der Waals surface area (Å²) >= 11 is 0. The molecule has 0 saturated carbocycles. The van der Waals surface area contributed by atoms with Crippen molar-refractivity contribution in [2.24, 2.45) is 0 Å². The third kappa shape index (κ3) is 7.12. The molecule has 0 aliphatic heterocycles. The number of likely N-dealkylation sites (N-methyl/N-ethyl adjacent to an activating group) is 1. The van der Waals surface area contributed by atoms with E-state index in [4.69, 9.17) is 0 Å². The average molecular weight is 275 g/mol. The van der Waals surface area contributed by atoms with Gasteiger partial charge in [-0.1, -0.05) is 0 Å². The number of alkyl halides is 3. The lowest BCUT2D eigenvalue weighted by molar-refractivity contribution is -0.125. The van der Waals surface area contributed by atoms with E-state index in [0.29, 0.717) is 6.54 Å². The second kappa shape index (κ2) is 7.45. The van der Waals surface area contributed by atoms with E-state index in [1.807, 2.05) is 31.0 Å². The fraction of sp³-hybridized carbons (Fsp3) is 0.615. The summed E-state index contributed by atoms with van der Waals surface area (Å²) in [5.41, 5.74) is 1.18. The predicted octanol–water partition coefficient (Wildman–Crippen LogP) is 2.10. The Hall–Kier alpha value is -1.14. The van der Waals surface area contributed by atoms with Crippen LogP contribution in [0.1, 0.15) is 12.5 Å². The number of hydrogen-bond acceptors (Lipinski definition) is 3. The topological polar surface area (TPSA) is 28.2 Å². The second-order valence-corrected chi connectivity index (χ2v) is 4.68. The Morgan fingerprint density at radius 3 is 2.53 bits per heavy atom. The number of rotatable bonds is 7. The van der Waals surface area contributed by atoms with Crippen molar-refractivity contribution >= 4 is 0 Å². The lowest BCUT2D eigenvalue weighted by Gasteiger charge is -2.25. The van der Waals surface area contributed by atoms with E-state index < -0.39 is 12.7 Å². The molecule has 0 spiro atoms. The molecule has 0 aromatic carbocycles. The molecule has 1 rings (SSSR count). The van der Waals surface area contributed by atoms with E-state index in [-0.39, 0.29) is 6.04 Å². The Kier molecular flexibility index (Phi) is 6.24. The van der Waals surface area contributed by atoms with Crippen molar-refractivity contribution in [2.45, 2.75) is 25.6 Å². The normalized spacial score (nSPS) is 13.8. The molecule has 1 atom stereocenters. The summed E-state index contributed by atoms with van der Waals surface area (Å²) in [6.45, 7) is 2.11. The summed E-state index contributed by atoms with van der Waals surface area (Å²) in [7, 11) is 1.92. The number of hydrogen-bond donors (Lipinski definition) is 1. The lowest BCUT2D eigenvalue weighted by atomic mass is 10.2. The molecule has 6 heteroatoms. The monoisotopic (exact) mass is 275 g/mol. The standard InChI is InChI=1S/C13H20F3N3/c1-11(9-18-10-13(14,15)16)19(2)8-5-12-3-6-17-7-4-12/h3-4,6-7,11,18H,5,8-10H2,1-2H3. The van der Waals surface area contributed by atoms with Crippen LogP contribution < -0.4 is 5.32 Å². The van der Waals surface area contributed by atoms with Gasteiger partial charge in [0.15, 0.2) is 0 Å². The maximum atomic E-state index is 12.0. The summed E-state index contributed by atoms with van der Waals surface area (Å²) in [6, 6.07) is 3.95. The van der Waals surface area contributed by atoms with E-state index in [2.05, 4.69) is 10.3 Å². The molecule has 0 radical (unpaired) electrons. The van der Waals surface area contributed by atoms with Crippen LogP contribution in [0.15, 0.2) is 24.5 Å². The molecule has 0 fully saturated rings. The zero-order valence-electron chi connectivity index (χ0n) is 11.2. The van der Waals surface area contributed by atoms with E-state index in [9.17, 15) is 13.2 Å². The molecule has 0 saturated heterocycles. The van der Waals surface area contributed by atoms with Gasteiger partial charge in [-0.3, -0.25) is 4.98 Å². The minimum absolute atomic E-state index is 0.0594. The van der Waals surface area contributed by atoms with Gasteiger partial charge in [-0.15, -0.1) is 0 Å². The van der Waals surface area contributed by atoms with E-state index in [1.165, 1.54) is 5.56 Å². The van der Waals surface area contributed by atoms with E-state index in [1.54, 1.807) is 12.4 Å². The average Bonchev–Trinajstić information content (AvgIpc) is 2.35. The minimum atomic E-state index is -4.14. The zero-order valence-corrected chi connectivity index (χ0v) is 11.2. The lowest BCUT2D eigenvalue weighted by Crippen LogP contribution is -2.41. The number of nitrogens with zero attached hydrogens (tertiary/aromatic N) is 2. The summed E-state index contributed by atoms with van der Waals surface area (Å²) in [6.07, 6.45) is 0.200. The number of halogens is 3. The van der Waals surface area contributed by atoms with Gasteiger partial charge in [0, 0.05) is 31.5 Å². The van der Waals surface area contributed by atoms with Crippen molar-refractivity contribution in [3.05, 3.63) is 30.1 Å². The van der Waals surface area contributed by atoms with Gasteiger partial charge >= 0.3 is 6.18 Å². The fourth-order valence-electron chi connectivity index (χ4n) is 1.65. The number of nitrogens with one attached hydrogen (secondary N) is 1. The zero-order chi connectivity index (χ0) is 14.3. The van der Waals surface area contributed by atoms with Crippen molar-refractivity contribution in [3.63, 3.8) is 0 Å². The summed E-state index contributed by atoms with van der Waals surface area (Å²) in [5.74, 6) is 0. The third-order valence-corrected chi connectivity index (χ3v) is 3.02. The SMILES string of the molecule is CC(CNCC(F)(F)F)N(C)CCc1ccncc1. The highest BCUT2D eigenvalue weighted by molar-refractivity contribution is 5.09. The Morgan fingerprint density at radius 1 is 1.32 bits per heavy atom. The maximum Gasteiger partial charge on any atom is 0.401 e. The summed E-state index contributed by atoms with van der Waals surface area (Å²) in [4.78, 5) is 5.99. The van der Waals surface area contributed by atoms with Gasteiger partial charge in [-0.05, 0) is 38.1 Å². The van der Waals surface area contributed by atoms with Gasteiger partial charge in [0.25, 0.3) is 0 Å². The molecule has 1 N–H and O–H groups in total. The van der Waals surface area contributed by atoms with Crippen molar-refractivity contribution in [1.82, 2.24) is 15.2 Å². The van der Waals surface area contributed by atoms with Gasteiger partial charge < -0.3 is 10.2 Å². The Bertz CT molecular complexity index is 354. The quantitative estimate of drug-likeness (QED) is 0.826.